The molecule has 0 aromatic carbocycles. The standard InChI is InChI=1S/C10H11F2IN2/c11-10(12)4-2-6-15(7-10)9-8(13)3-1-5-14-9/h1,3,5H,2,4,6-7H2. The first kappa shape index (κ1) is 11.0. The Balaban J connectivity index is 2.21. The van der Waals surface area contributed by atoms with Crippen LogP contribution in [0.2, 0.25) is 0 Å². The number of rotatable bonds is 1. The third kappa shape index (κ3) is 2.56. The zero-order valence-electron chi connectivity index (χ0n) is 8.09. The van der Waals surface area contributed by atoms with Crippen LogP contribution in [0.1, 0.15) is 12.8 Å². The Labute approximate surface area is 101 Å². The van der Waals surface area contributed by atoms with E-state index in [4.69, 9.17) is 0 Å². The maximum absolute atomic E-state index is 13.2. The van der Waals surface area contributed by atoms with E-state index in [1.807, 2.05) is 12.1 Å². The second-order valence-electron chi connectivity index (χ2n) is 3.69. The highest BCUT2D eigenvalue weighted by atomic mass is 127. The van der Waals surface area contributed by atoms with Crippen LogP contribution < -0.4 is 4.90 Å². The molecule has 2 heterocycles. The van der Waals surface area contributed by atoms with Crippen LogP contribution in [0.15, 0.2) is 18.3 Å². The fourth-order valence-electron chi connectivity index (χ4n) is 1.76. The Morgan fingerprint density at radius 3 is 2.93 bits per heavy atom. The van der Waals surface area contributed by atoms with Crippen LogP contribution in [-0.2, 0) is 0 Å². The zero-order chi connectivity index (χ0) is 10.9. The van der Waals surface area contributed by atoms with E-state index < -0.39 is 5.92 Å². The van der Waals surface area contributed by atoms with Crippen molar-refractivity contribution >= 4 is 28.4 Å². The van der Waals surface area contributed by atoms with E-state index in [9.17, 15) is 8.78 Å². The summed E-state index contributed by atoms with van der Waals surface area (Å²) in [6.07, 6.45) is 2.16. The smallest absolute Gasteiger partial charge is 0.265 e. The van der Waals surface area contributed by atoms with E-state index >= 15 is 0 Å². The van der Waals surface area contributed by atoms with Crippen LogP contribution in [0.4, 0.5) is 14.6 Å². The number of alkyl halides is 2. The maximum atomic E-state index is 13.2. The predicted molar refractivity (Wildman–Crippen MR) is 63.3 cm³/mol. The number of aromatic nitrogens is 1. The molecular weight excluding hydrogens is 313 g/mol. The molecule has 1 saturated heterocycles. The van der Waals surface area contributed by atoms with Crippen molar-refractivity contribution in [1.82, 2.24) is 4.98 Å². The van der Waals surface area contributed by atoms with Gasteiger partial charge in [-0.15, -0.1) is 0 Å². The van der Waals surface area contributed by atoms with E-state index in [-0.39, 0.29) is 13.0 Å². The van der Waals surface area contributed by atoms with Crippen molar-refractivity contribution in [2.45, 2.75) is 18.8 Å². The van der Waals surface area contributed by atoms with Gasteiger partial charge >= 0.3 is 0 Å². The minimum absolute atomic E-state index is 0.00703. The largest absolute Gasteiger partial charge is 0.350 e. The Hall–Kier alpha value is -0.460. The SMILES string of the molecule is FC1(F)CCCN(c2ncccc2I)C1. The second-order valence-corrected chi connectivity index (χ2v) is 4.85. The van der Waals surface area contributed by atoms with Gasteiger partial charge in [-0.05, 0) is 41.1 Å². The van der Waals surface area contributed by atoms with E-state index in [2.05, 4.69) is 27.6 Å². The Kier molecular flexibility index (Phi) is 3.08. The molecule has 0 radical (unpaired) electrons. The van der Waals surface area contributed by atoms with Crippen molar-refractivity contribution < 1.29 is 8.78 Å². The van der Waals surface area contributed by atoms with E-state index in [1.54, 1.807) is 11.1 Å². The molecule has 0 aliphatic carbocycles. The highest BCUT2D eigenvalue weighted by Crippen LogP contribution is 2.30. The summed E-state index contributed by atoms with van der Waals surface area (Å²) >= 11 is 2.13. The van der Waals surface area contributed by atoms with Gasteiger partial charge in [0, 0.05) is 19.2 Å². The summed E-state index contributed by atoms with van der Waals surface area (Å²) in [5, 5.41) is 0. The lowest BCUT2D eigenvalue weighted by molar-refractivity contribution is -0.0118. The Bertz CT molecular complexity index is 357. The first-order chi connectivity index (χ1) is 7.08. The van der Waals surface area contributed by atoms with Gasteiger partial charge < -0.3 is 4.90 Å². The molecule has 1 fully saturated rings. The normalized spacial score (nSPS) is 20.3. The summed E-state index contributed by atoms with van der Waals surface area (Å²) in [7, 11) is 0. The summed E-state index contributed by atoms with van der Waals surface area (Å²) in [4.78, 5) is 5.82. The highest BCUT2D eigenvalue weighted by molar-refractivity contribution is 14.1. The number of pyridine rings is 1. The number of nitrogens with zero attached hydrogens (tertiary/aromatic N) is 2. The molecule has 1 aliphatic rings. The predicted octanol–water partition coefficient (Wildman–Crippen LogP) is 2.92. The molecule has 1 aromatic heterocycles. The van der Waals surface area contributed by atoms with Crippen molar-refractivity contribution in [1.29, 1.82) is 0 Å². The van der Waals surface area contributed by atoms with Gasteiger partial charge in [-0.3, -0.25) is 0 Å². The van der Waals surface area contributed by atoms with Gasteiger partial charge in [-0.2, -0.15) is 0 Å². The van der Waals surface area contributed by atoms with Crippen LogP contribution in [0.25, 0.3) is 0 Å². The average Bonchev–Trinajstić information content (AvgIpc) is 2.17. The van der Waals surface area contributed by atoms with Crippen molar-refractivity contribution in [3.63, 3.8) is 0 Å². The van der Waals surface area contributed by atoms with Crippen molar-refractivity contribution in [3.05, 3.63) is 21.9 Å². The molecule has 5 heteroatoms. The minimum Gasteiger partial charge on any atom is -0.350 e. The van der Waals surface area contributed by atoms with E-state index in [0.29, 0.717) is 18.8 Å². The number of anilines is 1. The minimum atomic E-state index is -2.57. The first-order valence-corrected chi connectivity index (χ1v) is 5.90. The number of hydrogen-bond acceptors (Lipinski definition) is 2. The molecule has 0 amide bonds. The van der Waals surface area contributed by atoms with Crippen LogP contribution in [-0.4, -0.2) is 24.0 Å². The average molecular weight is 324 g/mol. The number of halogens is 3. The van der Waals surface area contributed by atoms with Gasteiger partial charge in [-0.1, -0.05) is 0 Å². The van der Waals surface area contributed by atoms with E-state index in [1.165, 1.54) is 0 Å². The summed E-state index contributed by atoms with van der Waals surface area (Å²) in [6, 6.07) is 3.70. The monoisotopic (exact) mass is 324 g/mol. The summed E-state index contributed by atoms with van der Waals surface area (Å²) in [6.45, 7) is 0.461. The lowest BCUT2D eigenvalue weighted by Gasteiger charge is -2.33. The number of piperidine rings is 1. The second kappa shape index (κ2) is 4.19. The summed E-state index contributed by atoms with van der Waals surface area (Å²) < 4.78 is 27.3. The molecule has 1 aliphatic heterocycles. The molecule has 2 rings (SSSR count). The van der Waals surface area contributed by atoms with Crippen LogP contribution in [0, 0.1) is 3.57 Å². The van der Waals surface area contributed by atoms with Gasteiger partial charge in [0.15, 0.2) is 0 Å². The van der Waals surface area contributed by atoms with Crippen molar-refractivity contribution in [3.8, 4) is 0 Å². The third-order valence-electron chi connectivity index (χ3n) is 2.43. The lowest BCUT2D eigenvalue weighted by Crippen LogP contribution is -2.43. The molecule has 0 bridgehead atoms. The van der Waals surface area contributed by atoms with Gasteiger partial charge in [-0.25, -0.2) is 13.8 Å². The quantitative estimate of drug-likeness (QED) is 0.739. The van der Waals surface area contributed by atoms with Crippen LogP contribution in [0.5, 0.6) is 0 Å². The fraction of sp³-hybridized carbons (Fsp3) is 0.500. The van der Waals surface area contributed by atoms with Crippen LogP contribution >= 0.6 is 22.6 Å². The van der Waals surface area contributed by atoms with E-state index in [0.717, 1.165) is 3.57 Å². The van der Waals surface area contributed by atoms with Crippen molar-refractivity contribution in [2.24, 2.45) is 0 Å². The summed E-state index contributed by atoms with van der Waals surface area (Å²) in [5.41, 5.74) is 0. The Morgan fingerprint density at radius 1 is 1.47 bits per heavy atom. The molecular formula is C10H11F2IN2. The van der Waals surface area contributed by atoms with Gasteiger partial charge in [0.1, 0.15) is 5.82 Å². The first-order valence-electron chi connectivity index (χ1n) is 4.82. The molecule has 0 saturated carbocycles. The molecule has 15 heavy (non-hydrogen) atoms. The topological polar surface area (TPSA) is 16.1 Å². The van der Waals surface area contributed by atoms with Gasteiger partial charge in [0.2, 0.25) is 0 Å². The molecule has 0 unspecified atom stereocenters. The lowest BCUT2D eigenvalue weighted by atomic mass is 10.1. The number of hydrogen-bond donors (Lipinski definition) is 0. The fourth-order valence-corrected chi connectivity index (χ4v) is 2.44. The third-order valence-corrected chi connectivity index (χ3v) is 3.27. The Morgan fingerprint density at radius 2 is 2.27 bits per heavy atom. The molecule has 0 N–H and O–H groups in total. The maximum Gasteiger partial charge on any atom is 0.265 e. The van der Waals surface area contributed by atoms with Gasteiger partial charge in [0.05, 0.1) is 10.1 Å². The molecule has 82 valence electrons. The molecule has 2 nitrogen and oxygen atoms in total. The van der Waals surface area contributed by atoms with Gasteiger partial charge in [0.25, 0.3) is 5.92 Å². The summed E-state index contributed by atoms with van der Waals surface area (Å²) in [5.74, 6) is -1.89. The molecule has 0 atom stereocenters. The highest BCUT2D eigenvalue weighted by Gasteiger charge is 2.36. The van der Waals surface area contributed by atoms with Crippen molar-refractivity contribution in [2.75, 3.05) is 18.0 Å². The molecule has 1 aromatic rings. The molecule has 0 spiro atoms. The van der Waals surface area contributed by atoms with Crippen LogP contribution in [0.3, 0.4) is 0 Å². The zero-order valence-corrected chi connectivity index (χ0v) is 10.2.